The molecular formula is C30H34Cl2N6O2S. The van der Waals surface area contributed by atoms with Crippen molar-refractivity contribution in [2.24, 2.45) is 0 Å². The van der Waals surface area contributed by atoms with Gasteiger partial charge in [-0.25, -0.2) is 18.4 Å². The van der Waals surface area contributed by atoms with Crippen LogP contribution >= 0.6 is 23.2 Å². The number of sulfonamides is 1. The Bertz CT molecular complexity index is 1640. The van der Waals surface area contributed by atoms with Crippen LogP contribution in [0.1, 0.15) is 12.5 Å². The molecule has 2 heterocycles. The smallest absolute Gasteiger partial charge is 0.243 e. The Balaban J connectivity index is 1.25. The number of para-hydroxylation sites is 1. The highest BCUT2D eigenvalue weighted by Crippen LogP contribution is 2.31. The van der Waals surface area contributed by atoms with Gasteiger partial charge in [-0.3, -0.25) is 4.90 Å². The number of hydrogen-bond acceptors (Lipinski definition) is 7. The van der Waals surface area contributed by atoms with Gasteiger partial charge in [0.05, 0.1) is 20.5 Å². The van der Waals surface area contributed by atoms with Gasteiger partial charge in [-0.15, -0.1) is 0 Å². The van der Waals surface area contributed by atoms with E-state index >= 15 is 0 Å². The van der Waals surface area contributed by atoms with Crippen LogP contribution in [0.15, 0.2) is 71.9 Å². The van der Waals surface area contributed by atoms with Crippen LogP contribution in [0, 0.1) is 0 Å². The van der Waals surface area contributed by atoms with Crippen LogP contribution in [-0.4, -0.2) is 85.4 Å². The SMILES string of the molecule is CC(CN1CCN(S(=O)(=O)c2ccc(Cl)c(Cl)c2)CC1)Nc1ncnc2c(-c3cccc(CN(C)C)c3)cccc12. The molecule has 0 aliphatic carbocycles. The van der Waals surface area contributed by atoms with Crippen molar-refractivity contribution in [3.63, 3.8) is 0 Å². The van der Waals surface area contributed by atoms with Crippen molar-refractivity contribution >= 4 is 49.9 Å². The number of nitrogens with zero attached hydrogens (tertiary/aromatic N) is 5. The average molecular weight is 614 g/mol. The molecule has 1 saturated heterocycles. The van der Waals surface area contributed by atoms with Gasteiger partial charge >= 0.3 is 0 Å². The molecule has 1 atom stereocenters. The molecule has 1 aliphatic heterocycles. The number of benzene rings is 3. The maximum absolute atomic E-state index is 13.1. The minimum absolute atomic E-state index is 0.0819. The fourth-order valence-electron chi connectivity index (χ4n) is 5.24. The summed E-state index contributed by atoms with van der Waals surface area (Å²) < 4.78 is 27.7. The maximum atomic E-state index is 13.1. The summed E-state index contributed by atoms with van der Waals surface area (Å²) in [6.07, 6.45) is 1.61. The minimum atomic E-state index is -3.63. The van der Waals surface area contributed by atoms with Crippen molar-refractivity contribution in [3.05, 3.63) is 82.6 Å². The predicted molar refractivity (Wildman–Crippen MR) is 167 cm³/mol. The summed E-state index contributed by atoms with van der Waals surface area (Å²) in [5, 5.41) is 5.10. The highest BCUT2D eigenvalue weighted by molar-refractivity contribution is 7.89. The van der Waals surface area contributed by atoms with E-state index in [2.05, 4.69) is 76.4 Å². The van der Waals surface area contributed by atoms with Gasteiger partial charge in [0, 0.05) is 56.3 Å². The lowest BCUT2D eigenvalue weighted by molar-refractivity contribution is 0.184. The van der Waals surface area contributed by atoms with Crippen LogP contribution in [0.5, 0.6) is 0 Å². The van der Waals surface area contributed by atoms with Gasteiger partial charge in [-0.2, -0.15) is 4.31 Å². The van der Waals surface area contributed by atoms with Gasteiger partial charge in [-0.05, 0) is 62.5 Å². The molecule has 1 aromatic heterocycles. The Kier molecular flexibility index (Phi) is 9.13. The number of halogens is 2. The monoisotopic (exact) mass is 612 g/mol. The second-order valence-corrected chi connectivity index (χ2v) is 13.4. The normalized spacial score (nSPS) is 15.9. The number of anilines is 1. The van der Waals surface area contributed by atoms with E-state index in [0.29, 0.717) is 31.2 Å². The van der Waals surface area contributed by atoms with Gasteiger partial charge in [0.2, 0.25) is 10.0 Å². The lowest BCUT2D eigenvalue weighted by atomic mass is 10.00. The van der Waals surface area contributed by atoms with E-state index in [0.717, 1.165) is 40.9 Å². The largest absolute Gasteiger partial charge is 0.366 e. The topological polar surface area (TPSA) is 81.7 Å². The van der Waals surface area contributed by atoms with Crippen LogP contribution in [0.25, 0.3) is 22.0 Å². The third-order valence-corrected chi connectivity index (χ3v) is 9.81. The van der Waals surface area contributed by atoms with Crippen molar-refractivity contribution < 1.29 is 8.42 Å². The zero-order valence-electron chi connectivity index (χ0n) is 23.4. The van der Waals surface area contributed by atoms with Crippen molar-refractivity contribution in [3.8, 4) is 11.1 Å². The molecular weight excluding hydrogens is 579 g/mol. The third kappa shape index (κ3) is 6.83. The Morgan fingerprint density at radius 1 is 0.951 bits per heavy atom. The van der Waals surface area contributed by atoms with E-state index in [1.54, 1.807) is 6.33 Å². The molecule has 1 N–H and O–H groups in total. The molecule has 0 spiro atoms. The lowest BCUT2D eigenvalue weighted by Gasteiger charge is -2.35. The van der Waals surface area contributed by atoms with E-state index in [1.165, 1.54) is 28.1 Å². The van der Waals surface area contributed by atoms with Crippen LogP contribution < -0.4 is 5.32 Å². The standard InChI is InChI=1S/C30H34Cl2N6O2S/c1-21(18-37-12-14-38(15-13-37)41(39,40)24-10-11-27(31)28(32)17-24)35-30-26-9-5-8-25(29(26)33-20-34-30)23-7-4-6-22(16-23)19-36(2)3/h4-11,16-17,20-21H,12-15,18-19H2,1-3H3,(H,33,34,35). The van der Waals surface area contributed by atoms with Crippen LogP contribution in [-0.2, 0) is 16.6 Å². The summed E-state index contributed by atoms with van der Waals surface area (Å²) in [6, 6.07) is 19.3. The predicted octanol–water partition coefficient (Wildman–Crippen LogP) is 5.47. The Labute approximate surface area is 252 Å². The number of piperazine rings is 1. The molecule has 1 unspecified atom stereocenters. The van der Waals surface area contributed by atoms with Crippen LogP contribution in [0.2, 0.25) is 10.0 Å². The fraction of sp³-hybridized carbons (Fsp3) is 0.333. The molecule has 0 radical (unpaired) electrons. The number of fused-ring (bicyclic) bond motifs is 1. The van der Waals surface area contributed by atoms with E-state index < -0.39 is 10.0 Å². The molecule has 41 heavy (non-hydrogen) atoms. The lowest BCUT2D eigenvalue weighted by Crippen LogP contribution is -2.50. The number of rotatable bonds is 9. The van der Waals surface area contributed by atoms with Gasteiger partial charge in [0.15, 0.2) is 0 Å². The zero-order chi connectivity index (χ0) is 29.1. The summed E-state index contributed by atoms with van der Waals surface area (Å²) >= 11 is 12.0. The molecule has 216 valence electrons. The molecule has 4 aromatic rings. The molecule has 11 heteroatoms. The number of aromatic nitrogens is 2. The summed E-state index contributed by atoms with van der Waals surface area (Å²) in [4.78, 5) is 13.8. The zero-order valence-corrected chi connectivity index (χ0v) is 25.7. The summed E-state index contributed by atoms with van der Waals surface area (Å²) in [5.41, 5.74) is 4.34. The maximum Gasteiger partial charge on any atom is 0.243 e. The van der Waals surface area contributed by atoms with Gasteiger partial charge in [0.1, 0.15) is 12.1 Å². The highest BCUT2D eigenvalue weighted by atomic mass is 35.5. The molecule has 0 amide bonds. The first kappa shape index (κ1) is 29.7. The van der Waals surface area contributed by atoms with Gasteiger partial charge in [0.25, 0.3) is 0 Å². The van der Waals surface area contributed by atoms with Crippen molar-refractivity contribution in [2.45, 2.75) is 24.4 Å². The highest BCUT2D eigenvalue weighted by Gasteiger charge is 2.29. The first-order valence-electron chi connectivity index (χ1n) is 13.5. The van der Waals surface area contributed by atoms with Crippen molar-refractivity contribution in [1.82, 2.24) is 24.1 Å². The average Bonchev–Trinajstić information content (AvgIpc) is 2.94. The molecule has 0 bridgehead atoms. The number of nitrogens with one attached hydrogen (secondary N) is 1. The third-order valence-electron chi connectivity index (χ3n) is 7.18. The minimum Gasteiger partial charge on any atom is -0.366 e. The first-order chi connectivity index (χ1) is 19.6. The first-order valence-corrected chi connectivity index (χ1v) is 15.7. The van der Waals surface area contributed by atoms with E-state index in [-0.39, 0.29) is 16.0 Å². The van der Waals surface area contributed by atoms with E-state index in [1.807, 2.05) is 12.1 Å². The Morgan fingerprint density at radius 3 is 2.44 bits per heavy atom. The van der Waals surface area contributed by atoms with E-state index in [4.69, 9.17) is 23.2 Å². The van der Waals surface area contributed by atoms with Crippen molar-refractivity contribution in [1.29, 1.82) is 0 Å². The van der Waals surface area contributed by atoms with Gasteiger partial charge in [-0.1, -0.05) is 53.5 Å². The molecule has 3 aromatic carbocycles. The summed E-state index contributed by atoms with van der Waals surface area (Å²) in [5.74, 6) is 0.787. The van der Waals surface area contributed by atoms with Crippen LogP contribution in [0.3, 0.4) is 0 Å². The molecule has 5 rings (SSSR count). The quantitative estimate of drug-likeness (QED) is 0.268. The van der Waals surface area contributed by atoms with Gasteiger partial charge < -0.3 is 10.2 Å². The second kappa shape index (κ2) is 12.6. The van der Waals surface area contributed by atoms with E-state index in [9.17, 15) is 8.42 Å². The summed E-state index contributed by atoms with van der Waals surface area (Å²) in [7, 11) is 0.499. The van der Waals surface area contributed by atoms with Crippen LogP contribution in [0.4, 0.5) is 5.82 Å². The second-order valence-electron chi connectivity index (χ2n) is 10.7. The molecule has 1 aliphatic rings. The fourth-order valence-corrected chi connectivity index (χ4v) is 7.05. The Hall–Kier alpha value is -2.79. The summed E-state index contributed by atoms with van der Waals surface area (Å²) in [6.45, 7) is 5.80. The molecule has 8 nitrogen and oxygen atoms in total. The van der Waals surface area contributed by atoms with Crippen molar-refractivity contribution in [2.75, 3.05) is 52.1 Å². The Morgan fingerprint density at radius 2 is 1.71 bits per heavy atom. The molecule has 0 saturated carbocycles. The number of hydrogen-bond donors (Lipinski definition) is 1. The molecule has 1 fully saturated rings.